The summed E-state index contributed by atoms with van der Waals surface area (Å²) >= 11 is 0. The molecule has 0 saturated carbocycles. The van der Waals surface area contributed by atoms with Crippen molar-refractivity contribution in [2.24, 2.45) is 0 Å². The number of hydrogen-bond acceptors (Lipinski definition) is 6. The van der Waals surface area contributed by atoms with E-state index < -0.39 is 29.3 Å². The van der Waals surface area contributed by atoms with Crippen molar-refractivity contribution in [2.45, 2.75) is 6.04 Å². The average molecular weight is 415 g/mol. The normalized spacial score (nSPS) is 18.1. The molecule has 0 radical (unpaired) electrons. The van der Waals surface area contributed by atoms with Gasteiger partial charge in [0, 0.05) is 17.7 Å². The lowest BCUT2D eigenvalue weighted by molar-refractivity contribution is -0.140. The number of Topliss-reactive ketones (excluding diaryl/α,β-unsaturated/α-hetero) is 1. The lowest BCUT2D eigenvalue weighted by Gasteiger charge is -2.25. The highest BCUT2D eigenvalue weighted by atomic mass is 19.1. The van der Waals surface area contributed by atoms with Gasteiger partial charge in [0.15, 0.2) is 0 Å². The van der Waals surface area contributed by atoms with Crippen LogP contribution in [0.2, 0.25) is 0 Å². The Morgan fingerprint density at radius 1 is 1.10 bits per heavy atom. The summed E-state index contributed by atoms with van der Waals surface area (Å²) in [5.74, 6) is -2.21. The quantitative estimate of drug-likeness (QED) is 0.297. The molecule has 2 aromatic carbocycles. The summed E-state index contributed by atoms with van der Waals surface area (Å²) in [5, 5.41) is 19.7. The zero-order valence-electron chi connectivity index (χ0n) is 16.4. The van der Waals surface area contributed by atoms with Crippen LogP contribution in [0.1, 0.15) is 17.2 Å². The molecular formula is C22H22FNO6. The summed E-state index contributed by atoms with van der Waals surface area (Å²) < 4.78 is 24.9. The first-order valence-corrected chi connectivity index (χ1v) is 9.35. The highest BCUT2D eigenvalue weighted by molar-refractivity contribution is 6.46. The van der Waals surface area contributed by atoms with Crippen LogP contribution in [0.15, 0.2) is 54.1 Å². The molecule has 30 heavy (non-hydrogen) atoms. The molecule has 1 amide bonds. The summed E-state index contributed by atoms with van der Waals surface area (Å²) in [6.45, 7) is -0.0861. The second-order valence-electron chi connectivity index (χ2n) is 6.58. The minimum Gasteiger partial charge on any atom is -0.507 e. The van der Waals surface area contributed by atoms with Gasteiger partial charge in [-0.25, -0.2) is 4.39 Å². The molecule has 3 rings (SSSR count). The number of hydrogen-bond donors (Lipinski definition) is 2. The Labute approximate surface area is 173 Å². The molecule has 8 heteroatoms. The number of amides is 1. The van der Waals surface area contributed by atoms with E-state index in [-0.39, 0.29) is 37.5 Å². The minimum atomic E-state index is -1.11. The van der Waals surface area contributed by atoms with Crippen molar-refractivity contribution < 1.29 is 33.7 Å². The number of halogens is 1. The molecule has 1 fully saturated rings. The van der Waals surface area contributed by atoms with E-state index in [1.165, 1.54) is 30.2 Å². The largest absolute Gasteiger partial charge is 0.507 e. The van der Waals surface area contributed by atoms with E-state index in [4.69, 9.17) is 14.6 Å². The van der Waals surface area contributed by atoms with Crippen LogP contribution < -0.4 is 4.74 Å². The summed E-state index contributed by atoms with van der Waals surface area (Å²) in [7, 11) is 1.50. The SMILES string of the molecule is COc1ccc(C(O)=C2C(=O)C(=O)N(CCOCCO)C2c2ccccc2F)cc1. The van der Waals surface area contributed by atoms with Gasteiger partial charge in [0.1, 0.15) is 17.3 Å². The summed E-state index contributed by atoms with van der Waals surface area (Å²) in [6, 6.07) is 11.0. The first kappa shape index (κ1) is 21.5. The molecule has 7 nitrogen and oxygen atoms in total. The molecule has 1 atom stereocenters. The van der Waals surface area contributed by atoms with Crippen LogP contribution >= 0.6 is 0 Å². The Kier molecular flexibility index (Phi) is 6.81. The Bertz CT molecular complexity index is 956. The van der Waals surface area contributed by atoms with Gasteiger partial charge in [-0.15, -0.1) is 0 Å². The lowest BCUT2D eigenvalue weighted by Crippen LogP contribution is -2.33. The third kappa shape index (κ3) is 4.19. The number of carbonyl (C=O) groups is 2. The van der Waals surface area contributed by atoms with Crippen LogP contribution in [-0.4, -0.2) is 60.3 Å². The molecule has 1 saturated heterocycles. The first-order valence-electron chi connectivity index (χ1n) is 9.35. The standard InChI is InChI=1S/C22H22FNO6/c1-29-15-8-6-14(7-9-15)20(26)18-19(16-4-2-3-5-17(16)23)24(22(28)21(18)27)10-12-30-13-11-25/h2-9,19,25-26H,10-13H2,1H3. The molecular weight excluding hydrogens is 393 g/mol. The molecule has 158 valence electrons. The fourth-order valence-corrected chi connectivity index (χ4v) is 3.36. The van der Waals surface area contributed by atoms with Crippen LogP contribution in [0.25, 0.3) is 5.76 Å². The smallest absolute Gasteiger partial charge is 0.295 e. The number of likely N-dealkylation sites (tertiary alicyclic amines) is 1. The summed E-state index contributed by atoms with van der Waals surface area (Å²) in [4.78, 5) is 26.7. The predicted octanol–water partition coefficient (Wildman–Crippen LogP) is 2.26. The first-order chi connectivity index (χ1) is 14.5. The van der Waals surface area contributed by atoms with Gasteiger partial charge < -0.3 is 24.6 Å². The number of aliphatic hydroxyl groups excluding tert-OH is 2. The number of ketones is 1. The number of carbonyl (C=O) groups excluding carboxylic acids is 2. The van der Waals surface area contributed by atoms with Crippen LogP contribution in [0.3, 0.4) is 0 Å². The van der Waals surface area contributed by atoms with Crippen molar-refractivity contribution in [2.75, 3.05) is 33.5 Å². The van der Waals surface area contributed by atoms with Crippen LogP contribution in [-0.2, 0) is 14.3 Å². The zero-order chi connectivity index (χ0) is 21.7. The number of rotatable bonds is 8. The molecule has 2 aromatic rings. The molecule has 0 bridgehead atoms. The minimum absolute atomic E-state index is 0.0109. The van der Waals surface area contributed by atoms with Gasteiger partial charge in [0.25, 0.3) is 11.7 Å². The van der Waals surface area contributed by atoms with Crippen molar-refractivity contribution in [3.8, 4) is 5.75 Å². The number of benzene rings is 2. The third-order valence-electron chi connectivity index (χ3n) is 4.82. The topological polar surface area (TPSA) is 96.3 Å². The Morgan fingerprint density at radius 2 is 1.80 bits per heavy atom. The van der Waals surface area contributed by atoms with Crippen LogP contribution in [0, 0.1) is 5.82 Å². The number of ether oxygens (including phenoxy) is 2. The van der Waals surface area contributed by atoms with Crippen LogP contribution in [0.4, 0.5) is 4.39 Å². The van der Waals surface area contributed by atoms with Gasteiger partial charge in [0.05, 0.1) is 38.5 Å². The summed E-state index contributed by atoms with van der Waals surface area (Å²) in [5.41, 5.74) is 0.193. The van der Waals surface area contributed by atoms with Crippen molar-refractivity contribution in [1.82, 2.24) is 4.90 Å². The molecule has 0 spiro atoms. The molecule has 1 unspecified atom stereocenters. The average Bonchev–Trinajstić information content (AvgIpc) is 3.01. The van der Waals surface area contributed by atoms with E-state index in [9.17, 15) is 19.1 Å². The molecule has 1 heterocycles. The van der Waals surface area contributed by atoms with Gasteiger partial charge in [-0.2, -0.15) is 0 Å². The van der Waals surface area contributed by atoms with E-state index in [2.05, 4.69) is 0 Å². The Morgan fingerprint density at radius 3 is 2.43 bits per heavy atom. The lowest BCUT2D eigenvalue weighted by atomic mass is 9.95. The van der Waals surface area contributed by atoms with Gasteiger partial charge >= 0.3 is 0 Å². The molecule has 0 aromatic heterocycles. The van der Waals surface area contributed by atoms with Gasteiger partial charge in [-0.1, -0.05) is 18.2 Å². The second kappa shape index (κ2) is 9.51. The van der Waals surface area contributed by atoms with Crippen molar-refractivity contribution in [3.05, 3.63) is 71.0 Å². The number of aliphatic hydroxyl groups is 2. The van der Waals surface area contributed by atoms with E-state index >= 15 is 0 Å². The summed E-state index contributed by atoms with van der Waals surface area (Å²) in [6.07, 6.45) is 0. The van der Waals surface area contributed by atoms with Crippen LogP contribution in [0.5, 0.6) is 5.75 Å². The molecule has 1 aliphatic heterocycles. The highest BCUT2D eigenvalue weighted by Crippen LogP contribution is 2.40. The Balaban J connectivity index is 2.07. The van der Waals surface area contributed by atoms with Crippen molar-refractivity contribution >= 4 is 17.4 Å². The number of nitrogens with zero attached hydrogens (tertiary/aromatic N) is 1. The molecule has 1 aliphatic rings. The van der Waals surface area contributed by atoms with Gasteiger partial charge in [0.2, 0.25) is 0 Å². The monoisotopic (exact) mass is 415 g/mol. The number of methoxy groups -OCH3 is 1. The van der Waals surface area contributed by atoms with E-state index in [0.29, 0.717) is 11.3 Å². The molecule has 0 aliphatic carbocycles. The maximum absolute atomic E-state index is 14.6. The predicted molar refractivity (Wildman–Crippen MR) is 106 cm³/mol. The fraction of sp³-hybridized carbons (Fsp3) is 0.273. The van der Waals surface area contributed by atoms with Crippen molar-refractivity contribution in [3.63, 3.8) is 0 Å². The van der Waals surface area contributed by atoms with E-state index in [1.807, 2.05) is 0 Å². The highest BCUT2D eigenvalue weighted by Gasteiger charge is 2.46. The van der Waals surface area contributed by atoms with Gasteiger partial charge in [-0.3, -0.25) is 9.59 Å². The second-order valence-corrected chi connectivity index (χ2v) is 6.58. The Hall–Kier alpha value is -3.23. The third-order valence-corrected chi connectivity index (χ3v) is 4.82. The van der Waals surface area contributed by atoms with E-state index in [1.54, 1.807) is 30.3 Å². The maximum Gasteiger partial charge on any atom is 0.295 e. The zero-order valence-corrected chi connectivity index (χ0v) is 16.4. The van der Waals surface area contributed by atoms with Gasteiger partial charge in [-0.05, 0) is 30.3 Å². The van der Waals surface area contributed by atoms with Crippen molar-refractivity contribution in [1.29, 1.82) is 0 Å². The fourth-order valence-electron chi connectivity index (χ4n) is 3.36. The van der Waals surface area contributed by atoms with E-state index in [0.717, 1.165) is 0 Å². The maximum atomic E-state index is 14.6. The molecule has 2 N–H and O–H groups in total.